The Balaban J connectivity index is 1.92. The summed E-state index contributed by atoms with van der Waals surface area (Å²) in [6, 6.07) is 1.93. The minimum Gasteiger partial charge on any atom is -0.396 e. The number of rotatable bonds is 5. The van der Waals surface area contributed by atoms with E-state index in [4.69, 9.17) is 5.73 Å². The lowest BCUT2D eigenvalue weighted by molar-refractivity contribution is 0.0944. The summed E-state index contributed by atoms with van der Waals surface area (Å²) in [6.45, 7) is 3.04. The van der Waals surface area contributed by atoms with Gasteiger partial charge in [0, 0.05) is 32.8 Å². The van der Waals surface area contributed by atoms with Crippen molar-refractivity contribution in [2.24, 2.45) is 7.05 Å². The van der Waals surface area contributed by atoms with Crippen molar-refractivity contribution in [1.82, 2.24) is 24.9 Å². The van der Waals surface area contributed by atoms with Gasteiger partial charge in [-0.2, -0.15) is 10.2 Å². The minimum atomic E-state index is -0.201. The average Bonchev–Trinajstić information content (AvgIpc) is 2.95. The summed E-state index contributed by atoms with van der Waals surface area (Å²) in [6.07, 6.45) is 4.06. The molecule has 0 saturated carbocycles. The van der Waals surface area contributed by atoms with Crippen molar-refractivity contribution in [3.63, 3.8) is 0 Å². The first-order valence-electron chi connectivity index (χ1n) is 6.19. The number of hydrogen-bond acceptors (Lipinski definition) is 4. The molecule has 2 heterocycles. The third-order valence-corrected chi connectivity index (χ3v) is 2.82. The standard InChI is InChI=1S/C12H18N6O/c1-3-18-11(10(13)8-15-18)12(19)14-6-4-9-5-7-17(2)16-9/h5,7-8H,3-4,6,13H2,1-2H3,(H,14,19). The zero-order valence-electron chi connectivity index (χ0n) is 11.1. The SMILES string of the molecule is CCn1ncc(N)c1C(=O)NCCc1ccn(C)n1. The van der Waals surface area contributed by atoms with Crippen molar-refractivity contribution >= 4 is 11.6 Å². The van der Waals surface area contributed by atoms with E-state index in [9.17, 15) is 4.79 Å². The molecule has 7 nitrogen and oxygen atoms in total. The largest absolute Gasteiger partial charge is 0.396 e. The van der Waals surface area contributed by atoms with Crippen LogP contribution < -0.4 is 11.1 Å². The molecule has 0 aromatic carbocycles. The van der Waals surface area contributed by atoms with Crippen LogP contribution in [0.5, 0.6) is 0 Å². The second kappa shape index (κ2) is 5.55. The van der Waals surface area contributed by atoms with Crippen LogP contribution in [0.2, 0.25) is 0 Å². The molecule has 0 spiro atoms. The van der Waals surface area contributed by atoms with Gasteiger partial charge in [0.1, 0.15) is 5.69 Å². The van der Waals surface area contributed by atoms with Gasteiger partial charge in [0.05, 0.1) is 17.6 Å². The van der Waals surface area contributed by atoms with Gasteiger partial charge in [-0.3, -0.25) is 14.2 Å². The minimum absolute atomic E-state index is 0.201. The lowest BCUT2D eigenvalue weighted by Crippen LogP contribution is -2.28. The van der Waals surface area contributed by atoms with Crippen LogP contribution in [0.15, 0.2) is 18.5 Å². The van der Waals surface area contributed by atoms with Gasteiger partial charge >= 0.3 is 0 Å². The zero-order chi connectivity index (χ0) is 13.8. The molecule has 0 bridgehead atoms. The molecular formula is C12H18N6O. The summed E-state index contributed by atoms with van der Waals surface area (Å²) in [5, 5.41) is 11.1. The number of amides is 1. The lowest BCUT2D eigenvalue weighted by atomic mass is 10.3. The Morgan fingerprint density at radius 3 is 2.95 bits per heavy atom. The molecule has 0 radical (unpaired) electrons. The Labute approximate surface area is 111 Å². The third-order valence-electron chi connectivity index (χ3n) is 2.82. The normalized spacial score (nSPS) is 10.6. The summed E-state index contributed by atoms with van der Waals surface area (Å²) in [4.78, 5) is 12.0. The van der Waals surface area contributed by atoms with E-state index in [2.05, 4.69) is 15.5 Å². The zero-order valence-corrected chi connectivity index (χ0v) is 11.1. The monoisotopic (exact) mass is 262 g/mol. The summed E-state index contributed by atoms with van der Waals surface area (Å²) in [5.74, 6) is -0.201. The first-order chi connectivity index (χ1) is 9.11. The second-order valence-electron chi connectivity index (χ2n) is 4.25. The van der Waals surface area contributed by atoms with Gasteiger partial charge in [0.15, 0.2) is 0 Å². The maximum atomic E-state index is 12.0. The van der Waals surface area contributed by atoms with Crippen molar-refractivity contribution < 1.29 is 4.79 Å². The number of hydrogen-bond donors (Lipinski definition) is 2. The highest BCUT2D eigenvalue weighted by Crippen LogP contribution is 2.10. The summed E-state index contributed by atoms with van der Waals surface area (Å²) in [5.41, 5.74) is 7.51. The van der Waals surface area contributed by atoms with E-state index in [1.165, 1.54) is 6.20 Å². The molecule has 2 aromatic heterocycles. The molecule has 2 rings (SSSR count). The van der Waals surface area contributed by atoms with Gasteiger partial charge in [-0.15, -0.1) is 0 Å². The van der Waals surface area contributed by atoms with E-state index < -0.39 is 0 Å². The molecule has 0 unspecified atom stereocenters. The van der Waals surface area contributed by atoms with Crippen molar-refractivity contribution in [3.8, 4) is 0 Å². The van der Waals surface area contributed by atoms with Crippen LogP contribution in [0.25, 0.3) is 0 Å². The lowest BCUT2D eigenvalue weighted by Gasteiger charge is -2.06. The van der Waals surface area contributed by atoms with Crippen LogP contribution in [0.3, 0.4) is 0 Å². The molecule has 3 N–H and O–H groups in total. The van der Waals surface area contributed by atoms with E-state index in [1.54, 1.807) is 9.36 Å². The predicted octanol–water partition coefficient (Wildman–Crippen LogP) is 0.191. The van der Waals surface area contributed by atoms with Gasteiger partial charge in [-0.05, 0) is 13.0 Å². The van der Waals surface area contributed by atoms with Crippen LogP contribution in [-0.4, -0.2) is 32.0 Å². The van der Waals surface area contributed by atoms with Gasteiger partial charge < -0.3 is 11.1 Å². The van der Waals surface area contributed by atoms with Gasteiger partial charge in [0.2, 0.25) is 0 Å². The van der Waals surface area contributed by atoms with Crippen molar-refractivity contribution in [3.05, 3.63) is 29.8 Å². The first kappa shape index (κ1) is 13.1. The Bertz CT molecular complexity index is 571. The molecule has 0 aliphatic heterocycles. The van der Waals surface area contributed by atoms with E-state index >= 15 is 0 Å². The smallest absolute Gasteiger partial charge is 0.271 e. The number of anilines is 1. The van der Waals surface area contributed by atoms with Crippen LogP contribution in [0.1, 0.15) is 23.1 Å². The number of aromatic nitrogens is 4. The van der Waals surface area contributed by atoms with Crippen molar-refractivity contribution in [2.45, 2.75) is 19.9 Å². The maximum Gasteiger partial charge on any atom is 0.271 e. The van der Waals surface area contributed by atoms with Crippen LogP contribution >= 0.6 is 0 Å². The second-order valence-corrected chi connectivity index (χ2v) is 4.25. The highest BCUT2D eigenvalue weighted by Gasteiger charge is 2.15. The van der Waals surface area contributed by atoms with E-state index in [1.807, 2.05) is 26.2 Å². The highest BCUT2D eigenvalue weighted by molar-refractivity contribution is 5.97. The fourth-order valence-electron chi connectivity index (χ4n) is 1.87. The maximum absolute atomic E-state index is 12.0. The van der Waals surface area contributed by atoms with Gasteiger partial charge in [-0.25, -0.2) is 0 Å². The van der Waals surface area contributed by atoms with E-state index in [0.29, 0.717) is 30.9 Å². The van der Waals surface area contributed by atoms with Gasteiger partial charge in [-0.1, -0.05) is 0 Å². The molecule has 0 saturated heterocycles. The van der Waals surface area contributed by atoms with E-state index in [-0.39, 0.29) is 5.91 Å². The Hall–Kier alpha value is -2.31. The summed E-state index contributed by atoms with van der Waals surface area (Å²) >= 11 is 0. The predicted molar refractivity (Wildman–Crippen MR) is 71.6 cm³/mol. The Morgan fingerprint density at radius 2 is 2.32 bits per heavy atom. The molecule has 0 aliphatic carbocycles. The molecule has 7 heteroatoms. The number of nitrogen functional groups attached to an aromatic ring is 1. The van der Waals surface area contributed by atoms with Crippen LogP contribution in [0, 0.1) is 0 Å². The van der Waals surface area contributed by atoms with Crippen molar-refractivity contribution in [1.29, 1.82) is 0 Å². The van der Waals surface area contributed by atoms with Gasteiger partial charge in [0.25, 0.3) is 5.91 Å². The highest BCUT2D eigenvalue weighted by atomic mass is 16.2. The topological polar surface area (TPSA) is 90.8 Å². The fourth-order valence-corrected chi connectivity index (χ4v) is 1.87. The Kier molecular flexibility index (Phi) is 3.84. The summed E-state index contributed by atoms with van der Waals surface area (Å²) in [7, 11) is 1.86. The molecule has 0 atom stereocenters. The molecule has 0 fully saturated rings. The summed E-state index contributed by atoms with van der Waals surface area (Å²) < 4.78 is 3.33. The fraction of sp³-hybridized carbons (Fsp3) is 0.417. The number of aryl methyl sites for hydroxylation is 2. The molecule has 1 amide bonds. The average molecular weight is 262 g/mol. The van der Waals surface area contributed by atoms with Crippen LogP contribution in [0.4, 0.5) is 5.69 Å². The van der Waals surface area contributed by atoms with E-state index in [0.717, 1.165) is 5.69 Å². The number of nitrogens with one attached hydrogen (secondary N) is 1. The number of nitrogens with two attached hydrogens (primary N) is 1. The molecule has 2 aromatic rings. The number of carbonyl (C=O) groups excluding carboxylic acids is 1. The van der Waals surface area contributed by atoms with Crippen LogP contribution in [-0.2, 0) is 20.0 Å². The molecule has 19 heavy (non-hydrogen) atoms. The molecule has 0 aliphatic rings. The quantitative estimate of drug-likeness (QED) is 0.804. The first-order valence-corrected chi connectivity index (χ1v) is 6.19. The molecular weight excluding hydrogens is 244 g/mol. The van der Waals surface area contributed by atoms with Crippen molar-refractivity contribution in [2.75, 3.05) is 12.3 Å². The number of carbonyl (C=O) groups is 1. The number of nitrogens with zero attached hydrogens (tertiary/aromatic N) is 4. The molecule has 102 valence electrons. The third kappa shape index (κ3) is 2.93. The Morgan fingerprint density at radius 1 is 1.53 bits per heavy atom.